The van der Waals surface area contributed by atoms with Crippen molar-refractivity contribution in [2.75, 3.05) is 6.61 Å². The van der Waals surface area contributed by atoms with Gasteiger partial charge in [-0.25, -0.2) is 0 Å². The van der Waals surface area contributed by atoms with Crippen LogP contribution in [0.3, 0.4) is 0 Å². The van der Waals surface area contributed by atoms with Crippen LogP contribution in [0, 0.1) is 5.92 Å². The molecule has 5 nitrogen and oxygen atoms in total. The van der Waals surface area contributed by atoms with Crippen LogP contribution in [0.5, 0.6) is 0 Å². The normalized spacial score (nSPS) is 20.2. The summed E-state index contributed by atoms with van der Waals surface area (Å²) < 4.78 is 11.1. The number of hydrogen-bond acceptors (Lipinski definition) is 5. The lowest BCUT2D eigenvalue weighted by Crippen LogP contribution is -2.43. The number of nitrogens with zero attached hydrogens (tertiary/aromatic N) is 2. The molecule has 5 heteroatoms. The van der Waals surface area contributed by atoms with E-state index in [0.29, 0.717) is 30.7 Å². The van der Waals surface area contributed by atoms with Gasteiger partial charge in [0, 0.05) is 18.6 Å². The molecule has 0 spiro atoms. The molecule has 0 aliphatic heterocycles. The Labute approximate surface area is 121 Å². The van der Waals surface area contributed by atoms with Gasteiger partial charge in [-0.05, 0) is 25.7 Å². The Hall–Kier alpha value is -0.940. The van der Waals surface area contributed by atoms with E-state index in [1.54, 1.807) is 0 Å². The van der Waals surface area contributed by atoms with Crippen LogP contribution in [0.4, 0.5) is 0 Å². The molecule has 1 atom stereocenters. The van der Waals surface area contributed by atoms with E-state index in [-0.39, 0.29) is 11.6 Å². The topological polar surface area (TPSA) is 74.2 Å². The summed E-state index contributed by atoms with van der Waals surface area (Å²) in [5.41, 5.74) is 6.27. The van der Waals surface area contributed by atoms with Crippen LogP contribution in [0.25, 0.3) is 0 Å². The second kappa shape index (κ2) is 6.68. The number of aromatic nitrogens is 2. The maximum atomic E-state index is 6.44. The second-order valence-corrected chi connectivity index (χ2v) is 6.27. The summed E-state index contributed by atoms with van der Waals surface area (Å²) in [4.78, 5) is 4.51. The molecule has 114 valence electrons. The smallest absolute Gasteiger partial charge is 0.228 e. The van der Waals surface area contributed by atoms with E-state index in [0.717, 1.165) is 12.8 Å². The summed E-state index contributed by atoms with van der Waals surface area (Å²) in [5, 5.41) is 4.09. The minimum atomic E-state index is -0.166. The van der Waals surface area contributed by atoms with Crippen molar-refractivity contribution in [3.63, 3.8) is 0 Å². The third kappa shape index (κ3) is 3.79. The van der Waals surface area contributed by atoms with Gasteiger partial charge in [0.1, 0.15) is 6.10 Å². The molecule has 1 aromatic rings. The first kappa shape index (κ1) is 15.4. The summed E-state index contributed by atoms with van der Waals surface area (Å²) in [7, 11) is 0. The largest absolute Gasteiger partial charge is 0.370 e. The number of rotatable bonds is 6. The maximum Gasteiger partial charge on any atom is 0.228 e. The highest BCUT2D eigenvalue weighted by Crippen LogP contribution is 2.29. The van der Waals surface area contributed by atoms with Crippen LogP contribution in [0.1, 0.15) is 70.7 Å². The number of nitrogens with two attached hydrogens (primary N) is 1. The first-order chi connectivity index (χ1) is 9.54. The van der Waals surface area contributed by atoms with E-state index < -0.39 is 0 Å². The van der Waals surface area contributed by atoms with Crippen LogP contribution in [0.15, 0.2) is 4.52 Å². The van der Waals surface area contributed by atoms with Crippen molar-refractivity contribution in [2.24, 2.45) is 11.7 Å². The molecule has 2 N–H and O–H groups in total. The molecular formula is C15H27N3O2. The van der Waals surface area contributed by atoms with E-state index in [1.807, 2.05) is 6.92 Å². The van der Waals surface area contributed by atoms with Gasteiger partial charge < -0.3 is 15.0 Å². The predicted octanol–water partition coefficient (Wildman–Crippen LogP) is 3.01. The summed E-state index contributed by atoms with van der Waals surface area (Å²) in [6, 6.07) is 0. The Bertz CT molecular complexity index is 411. The van der Waals surface area contributed by atoms with Crippen LogP contribution >= 0.6 is 0 Å². The third-order valence-corrected chi connectivity index (χ3v) is 4.04. The molecule has 0 amide bonds. The summed E-state index contributed by atoms with van der Waals surface area (Å²) in [5.74, 6) is 1.62. The van der Waals surface area contributed by atoms with Crippen molar-refractivity contribution in [1.82, 2.24) is 10.1 Å². The Morgan fingerprint density at radius 2 is 2.00 bits per heavy atom. The number of ether oxygens (including phenoxy) is 1. The fourth-order valence-corrected chi connectivity index (χ4v) is 2.93. The fourth-order valence-electron chi connectivity index (χ4n) is 2.93. The van der Waals surface area contributed by atoms with Gasteiger partial charge in [-0.1, -0.05) is 38.3 Å². The lowest BCUT2D eigenvalue weighted by molar-refractivity contribution is 0.0217. The van der Waals surface area contributed by atoms with Crippen molar-refractivity contribution in [2.45, 2.75) is 70.9 Å². The van der Waals surface area contributed by atoms with Gasteiger partial charge in [0.25, 0.3) is 0 Å². The first-order valence-corrected chi connectivity index (χ1v) is 7.77. The van der Waals surface area contributed by atoms with Crippen molar-refractivity contribution in [3.05, 3.63) is 11.7 Å². The highest BCUT2D eigenvalue weighted by molar-refractivity contribution is 4.99. The average Bonchev–Trinajstić information content (AvgIpc) is 2.83. The molecule has 0 radical (unpaired) electrons. The Morgan fingerprint density at radius 3 is 2.60 bits per heavy atom. The molecule has 1 heterocycles. The standard InChI is InChI=1S/C15H27N3O2/c1-4-19-13(11(2)3)14-17-12(20-18-14)10-15(16)8-6-5-7-9-15/h11,13H,4-10,16H2,1-3H3. The Morgan fingerprint density at radius 1 is 1.30 bits per heavy atom. The van der Waals surface area contributed by atoms with Gasteiger partial charge in [-0.15, -0.1) is 0 Å². The van der Waals surface area contributed by atoms with Gasteiger partial charge >= 0.3 is 0 Å². The molecule has 1 aliphatic carbocycles. The lowest BCUT2D eigenvalue weighted by Gasteiger charge is -2.31. The van der Waals surface area contributed by atoms with Gasteiger partial charge in [0.2, 0.25) is 11.7 Å². The molecule has 2 rings (SSSR count). The minimum Gasteiger partial charge on any atom is -0.370 e. The van der Waals surface area contributed by atoms with Crippen molar-refractivity contribution in [1.29, 1.82) is 0 Å². The summed E-state index contributed by atoms with van der Waals surface area (Å²) >= 11 is 0. The second-order valence-electron chi connectivity index (χ2n) is 6.27. The van der Waals surface area contributed by atoms with E-state index >= 15 is 0 Å². The molecule has 0 aromatic carbocycles. The number of hydrogen-bond donors (Lipinski definition) is 1. The minimum absolute atomic E-state index is 0.0995. The maximum absolute atomic E-state index is 6.44. The lowest BCUT2D eigenvalue weighted by atomic mass is 9.80. The van der Waals surface area contributed by atoms with E-state index in [4.69, 9.17) is 15.0 Å². The Balaban J connectivity index is 2.04. The van der Waals surface area contributed by atoms with Crippen molar-refractivity contribution < 1.29 is 9.26 Å². The Kier molecular flexibility index (Phi) is 5.16. The molecule has 0 bridgehead atoms. The molecule has 1 saturated carbocycles. The van der Waals surface area contributed by atoms with Gasteiger partial charge in [-0.2, -0.15) is 4.98 Å². The van der Waals surface area contributed by atoms with E-state index in [2.05, 4.69) is 24.0 Å². The highest BCUT2D eigenvalue weighted by atomic mass is 16.5. The molecule has 1 fully saturated rings. The molecule has 1 unspecified atom stereocenters. The summed E-state index contributed by atoms with van der Waals surface area (Å²) in [6.07, 6.45) is 6.35. The summed E-state index contributed by atoms with van der Waals surface area (Å²) in [6.45, 7) is 6.82. The zero-order valence-electron chi connectivity index (χ0n) is 12.9. The average molecular weight is 281 g/mol. The zero-order chi connectivity index (χ0) is 14.6. The molecule has 0 saturated heterocycles. The zero-order valence-corrected chi connectivity index (χ0v) is 12.9. The quantitative estimate of drug-likeness (QED) is 0.867. The van der Waals surface area contributed by atoms with E-state index in [9.17, 15) is 0 Å². The van der Waals surface area contributed by atoms with Crippen molar-refractivity contribution >= 4 is 0 Å². The third-order valence-electron chi connectivity index (χ3n) is 4.04. The van der Waals surface area contributed by atoms with Gasteiger partial charge in [-0.3, -0.25) is 0 Å². The molecule has 1 aliphatic rings. The van der Waals surface area contributed by atoms with Crippen LogP contribution in [-0.2, 0) is 11.2 Å². The van der Waals surface area contributed by atoms with Crippen LogP contribution < -0.4 is 5.73 Å². The SMILES string of the molecule is CCOC(c1noc(CC2(N)CCCCC2)n1)C(C)C. The van der Waals surface area contributed by atoms with Gasteiger partial charge in [0.15, 0.2) is 0 Å². The van der Waals surface area contributed by atoms with Crippen LogP contribution in [-0.4, -0.2) is 22.3 Å². The highest BCUT2D eigenvalue weighted by Gasteiger charge is 2.31. The first-order valence-electron chi connectivity index (χ1n) is 7.77. The van der Waals surface area contributed by atoms with Gasteiger partial charge in [0.05, 0.1) is 0 Å². The molecular weight excluding hydrogens is 254 g/mol. The monoisotopic (exact) mass is 281 g/mol. The molecule has 20 heavy (non-hydrogen) atoms. The predicted molar refractivity (Wildman–Crippen MR) is 77.2 cm³/mol. The van der Waals surface area contributed by atoms with E-state index in [1.165, 1.54) is 19.3 Å². The van der Waals surface area contributed by atoms with Crippen molar-refractivity contribution in [3.8, 4) is 0 Å². The molecule has 1 aromatic heterocycles. The fraction of sp³-hybridized carbons (Fsp3) is 0.867. The van der Waals surface area contributed by atoms with Crippen LogP contribution in [0.2, 0.25) is 0 Å².